The van der Waals surface area contributed by atoms with Crippen molar-refractivity contribution in [2.24, 2.45) is 0 Å². The topological polar surface area (TPSA) is 111 Å². The van der Waals surface area contributed by atoms with E-state index in [0.29, 0.717) is 48.9 Å². The van der Waals surface area contributed by atoms with Crippen molar-refractivity contribution < 1.29 is 23.0 Å². The zero-order valence-electron chi connectivity index (χ0n) is 27.4. The summed E-state index contributed by atoms with van der Waals surface area (Å²) in [7, 11) is 0. The molecule has 0 saturated carbocycles. The average Bonchev–Trinajstić information content (AvgIpc) is 3.09. The Morgan fingerprint density at radius 2 is 1.85 bits per heavy atom. The highest BCUT2D eigenvalue weighted by Gasteiger charge is 2.34. The quantitative estimate of drug-likeness (QED) is 0.254. The van der Waals surface area contributed by atoms with Gasteiger partial charge < -0.3 is 19.4 Å². The molecule has 252 valence electrons. The number of piperidine rings is 1. The van der Waals surface area contributed by atoms with Crippen LogP contribution in [-0.4, -0.2) is 75.1 Å². The van der Waals surface area contributed by atoms with E-state index < -0.39 is 23.9 Å². The van der Waals surface area contributed by atoms with Crippen LogP contribution in [0.25, 0.3) is 11.3 Å². The minimum absolute atomic E-state index is 0.0244. The first-order chi connectivity index (χ1) is 23.1. The average molecular weight is 659 g/mol. The molecule has 0 spiro atoms. The number of hydrogen-bond acceptors (Lipinski definition) is 8. The number of benzene rings is 2. The van der Waals surface area contributed by atoms with Gasteiger partial charge in [-0.2, -0.15) is 10.2 Å². The molecular weight excluding hydrogens is 618 g/mol. The Bertz CT molecular complexity index is 1790. The lowest BCUT2D eigenvalue weighted by Gasteiger charge is -2.41. The van der Waals surface area contributed by atoms with Crippen molar-refractivity contribution in [1.29, 1.82) is 0 Å². The first-order valence-electron chi connectivity index (χ1n) is 16.4. The monoisotopic (exact) mass is 658 g/mol. The molecule has 2 atom stereocenters. The van der Waals surface area contributed by atoms with Gasteiger partial charge in [-0.3, -0.25) is 19.5 Å². The number of amides is 1. The summed E-state index contributed by atoms with van der Waals surface area (Å²) in [6, 6.07) is 13.0. The van der Waals surface area contributed by atoms with E-state index in [-0.39, 0.29) is 41.9 Å². The van der Waals surface area contributed by atoms with E-state index in [1.165, 1.54) is 22.9 Å². The third kappa shape index (κ3) is 7.77. The fraction of sp³-hybridized carbons (Fsp3) is 0.417. The van der Waals surface area contributed by atoms with Crippen LogP contribution in [0.3, 0.4) is 0 Å². The molecule has 2 aromatic carbocycles. The molecule has 0 aliphatic carbocycles. The number of alkyl halides is 1. The van der Waals surface area contributed by atoms with Crippen LogP contribution < -0.4 is 15.6 Å². The first kappa shape index (κ1) is 33.4. The van der Waals surface area contributed by atoms with Crippen LogP contribution >= 0.6 is 0 Å². The highest BCUT2D eigenvalue weighted by molar-refractivity contribution is 5.95. The number of nitrogens with one attached hydrogen (secondary N) is 1. The molecule has 2 fully saturated rings. The SMILES string of the molecule is Cc1cn(Cc2cc(F)c(C(=O)NC3CCN(C4CCOCC4)CC3F)cc2Oc2ccc(-c3ccc(C(C)C)nn3)cc2)c(=O)cn1. The van der Waals surface area contributed by atoms with Crippen LogP contribution in [0.1, 0.15) is 66.3 Å². The fourth-order valence-electron chi connectivity index (χ4n) is 6.19. The molecule has 2 aliphatic heterocycles. The van der Waals surface area contributed by atoms with Crippen molar-refractivity contribution in [2.45, 2.75) is 70.8 Å². The normalized spacial score (nSPS) is 19.0. The van der Waals surface area contributed by atoms with Gasteiger partial charge in [0.2, 0.25) is 0 Å². The predicted octanol–water partition coefficient (Wildman–Crippen LogP) is 5.43. The van der Waals surface area contributed by atoms with Gasteiger partial charge in [0.1, 0.15) is 23.5 Å². The molecule has 2 saturated heterocycles. The summed E-state index contributed by atoms with van der Waals surface area (Å²) < 4.78 is 44.0. The van der Waals surface area contributed by atoms with E-state index >= 15 is 8.78 Å². The Morgan fingerprint density at radius 3 is 2.54 bits per heavy atom. The molecule has 4 heterocycles. The highest BCUT2D eigenvalue weighted by Crippen LogP contribution is 2.31. The lowest BCUT2D eigenvalue weighted by Crippen LogP contribution is -2.55. The van der Waals surface area contributed by atoms with Crippen molar-refractivity contribution >= 4 is 5.91 Å². The van der Waals surface area contributed by atoms with Gasteiger partial charge in [0.25, 0.3) is 11.5 Å². The zero-order chi connectivity index (χ0) is 33.8. The van der Waals surface area contributed by atoms with Crippen molar-refractivity contribution in [1.82, 2.24) is 30.0 Å². The van der Waals surface area contributed by atoms with Gasteiger partial charge in [-0.15, -0.1) is 0 Å². The molecule has 0 bridgehead atoms. The summed E-state index contributed by atoms with van der Waals surface area (Å²) in [6.07, 6.45) is 3.60. The summed E-state index contributed by atoms with van der Waals surface area (Å²) in [5.41, 5.74) is 2.72. The highest BCUT2D eigenvalue weighted by atomic mass is 19.1. The number of nitrogens with zero attached hydrogens (tertiary/aromatic N) is 5. The Kier molecular flexibility index (Phi) is 10.2. The van der Waals surface area contributed by atoms with E-state index in [4.69, 9.17) is 9.47 Å². The van der Waals surface area contributed by atoms with Gasteiger partial charge in [0.05, 0.1) is 41.4 Å². The second kappa shape index (κ2) is 14.7. The number of ether oxygens (including phenoxy) is 2. The van der Waals surface area contributed by atoms with Crippen LogP contribution in [-0.2, 0) is 11.3 Å². The second-order valence-electron chi connectivity index (χ2n) is 12.8. The summed E-state index contributed by atoms with van der Waals surface area (Å²) >= 11 is 0. The number of carbonyl (C=O) groups is 1. The van der Waals surface area contributed by atoms with Crippen LogP contribution in [0, 0.1) is 12.7 Å². The minimum atomic E-state index is -1.30. The van der Waals surface area contributed by atoms with Gasteiger partial charge in [-0.05, 0) is 80.6 Å². The van der Waals surface area contributed by atoms with Gasteiger partial charge in [0.15, 0.2) is 0 Å². The van der Waals surface area contributed by atoms with Crippen LogP contribution in [0.4, 0.5) is 8.78 Å². The smallest absolute Gasteiger partial charge is 0.269 e. The van der Waals surface area contributed by atoms with E-state index in [0.717, 1.165) is 24.1 Å². The molecule has 2 aromatic heterocycles. The lowest BCUT2D eigenvalue weighted by atomic mass is 9.98. The second-order valence-corrected chi connectivity index (χ2v) is 12.8. The molecule has 2 aliphatic rings. The third-order valence-electron chi connectivity index (χ3n) is 8.99. The minimum Gasteiger partial charge on any atom is -0.457 e. The number of carbonyl (C=O) groups excluding carboxylic acids is 1. The van der Waals surface area contributed by atoms with Gasteiger partial charge in [0, 0.05) is 49.7 Å². The summed E-state index contributed by atoms with van der Waals surface area (Å²) in [5.74, 6) is -0.663. The van der Waals surface area contributed by atoms with Crippen molar-refractivity contribution in [3.05, 3.63) is 99.6 Å². The Labute approximate surface area is 278 Å². The molecule has 48 heavy (non-hydrogen) atoms. The largest absolute Gasteiger partial charge is 0.457 e. The summed E-state index contributed by atoms with van der Waals surface area (Å²) in [6.45, 7) is 7.99. The predicted molar refractivity (Wildman–Crippen MR) is 177 cm³/mol. The molecule has 1 N–H and O–H groups in total. The number of aryl methyl sites for hydroxylation is 1. The van der Waals surface area contributed by atoms with Crippen molar-refractivity contribution in [2.75, 3.05) is 26.3 Å². The summed E-state index contributed by atoms with van der Waals surface area (Å²) in [5, 5.41) is 11.4. The molecule has 0 radical (unpaired) electrons. The van der Waals surface area contributed by atoms with Crippen molar-refractivity contribution in [3.8, 4) is 22.8 Å². The molecule has 1 amide bonds. The standard InChI is InChI=1S/C36H40F2N6O4/c1-22(2)31-8-9-32(42-41-31)24-4-6-27(7-5-24)48-34-17-28(29(37)16-25(34)20-44-19-23(3)39-18-35(44)45)36(46)40-33-10-13-43(21-30(33)38)26-11-14-47-15-12-26/h4-9,16-19,22,26,30,33H,10-15,20-21H2,1-3H3,(H,40,46). The van der Waals surface area contributed by atoms with Gasteiger partial charge >= 0.3 is 0 Å². The Morgan fingerprint density at radius 1 is 1.08 bits per heavy atom. The maximum Gasteiger partial charge on any atom is 0.269 e. The van der Waals surface area contributed by atoms with Crippen molar-refractivity contribution in [3.63, 3.8) is 0 Å². The summed E-state index contributed by atoms with van der Waals surface area (Å²) in [4.78, 5) is 32.1. The number of hydrogen-bond donors (Lipinski definition) is 1. The van der Waals surface area contributed by atoms with Crippen LogP contribution in [0.2, 0.25) is 0 Å². The molecule has 6 rings (SSSR count). The number of likely N-dealkylation sites (tertiary alicyclic amines) is 1. The number of rotatable bonds is 9. The van der Waals surface area contributed by atoms with Gasteiger partial charge in [-0.1, -0.05) is 13.8 Å². The maximum absolute atomic E-state index is 15.6. The molecule has 10 nitrogen and oxygen atoms in total. The van der Waals surface area contributed by atoms with Crippen LogP contribution in [0.5, 0.6) is 11.5 Å². The fourth-order valence-corrected chi connectivity index (χ4v) is 6.19. The molecule has 12 heteroatoms. The number of aromatic nitrogens is 4. The molecule has 2 unspecified atom stereocenters. The van der Waals surface area contributed by atoms with E-state index in [2.05, 4.69) is 39.2 Å². The molecular formula is C36H40F2N6O4. The first-order valence-corrected chi connectivity index (χ1v) is 16.4. The third-order valence-corrected chi connectivity index (χ3v) is 8.99. The lowest BCUT2D eigenvalue weighted by molar-refractivity contribution is 0.00512. The van der Waals surface area contributed by atoms with Crippen LogP contribution in [0.15, 0.2) is 65.7 Å². The van der Waals surface area contributed by atoms with E-state index in [9.17, 15) is 9.59 Å². The Hall–Kier alpha value is -4.55. The Balaban J connectivity index is 1.23. The number of halogens is 2. The van der Waals surface area contributed by atoms with E-state index in [1.54, 1.807) is 25.3 Å². The zero-order valence-corrected chi connectivity index (χ0v) is 27.4. The van der Waals surface area contributed by atoms with E-state index in [1.807, 2.05) is 24.3 Å². The van der Waals surface area contributed by atoms with Gasteiger partial charge in [-0.25, -0.2) is 8.78 Å². The molecule has 4 aromatic rings. The maximum atomic E-state index is 15.6.